The fourth-order valence-corrected chi connectivity index (χ4v) is 1.18. The van der Waals surface area contributed by atoms with Gasteiger partial charge in [0, 0.05) is 12.6 Å². The normalized spacial score (nSPS) is 11.1. The average molecular weight is 192 g/mol. The van der Waals surface area contributed by atoms with Crippen molar-refractivity contribution in [3.8, 4) is 0 Å². The summed E-state index contributed by atoms with van der Waals surface area (Å²) in [6.45, 7) is 1.85. The summed E-state index contributed by atoms with van der Waals surface area (Å²) in [7, 11) is 1.49. The maximum atomic E-state index is 11.3. The number of hydrogen-bond acceptors (Lipinski definition) is 3. The maximum absolute atomic E-state index is 11.3. The molecule has 0 fully saturated rings. The van der Waals surface area contributed by atoms with Crippen molar-refractivity contribution in [1.29, 1.82) is 0 Å². The third kappa shape index (κ3) is 1.90. The van der Waals surface area contributed by atoms with Crippen molar-refractivity contribution in [1.82, 2.24) is 5.32 Å². The molecule has 0 saturated carbocycles. The molecule has 0 aromatic heterocycles. The van der Waals surface area contributed by atoms with E-state index < -0.39 is 5.91 Å². The number of likely N-dealkylation sites (N-methyl/N-ethyl adjacent to an activating group) is 1. The van der Waals surface area contributed by atoms with Crippen LogP contribution in [0.1, 0.15) is 11.1 Å². The molecule has 1 rings (SSSR count). The van der Waals surface area contributed by atoms with E-state index in [0.717, 1.165) is 5.56 Å². The van der Waals surface area contributed by atoms with Crippen LogP contribution in [0.3, 0.4) is 0 Å². The summed E-state index contributed by atoms with van der Waals surface area (Å²) in [6.07, 6.45) is 0. The number of benzene rings is 1. The van der Waals surface area contributed by atoms with E-state index >= 15 is 0 Å². The summed E-state index contributed by atoms with van der Waals surface area (Å²) in [5.41, 5.74) is 1.56. The van der Waals surface area contributed by atoms with Crippen LogP contribution in [0.15, 0.2) is 29.4 Å². The number of nitrogens with one attached hydrogen (secondary N) is 1. The molecule has 0 saturated heterocycles. The molecule has 14 heavy (non-hydrogen) atoms. The van der Waals surface area contributed by atoms with E-state index in [-0.39, 0.29) is 5.71 Å². The standard InChI is InChI=1S/C10H12N2O2/c1-7-5-3-4-6-8(7)9(12-14)10(13)11-2/h3-6,14H,1-2H3,(H,11,13). The Morgan fingerprint density at radius 2 is 2.07 bits per heavy atom. The van der Waals surface area contributed by atoms with Gasteiger partial charge in [-0.05, 0) is 12.5 Å². The number of nitrogens with zero attached hydrogens (tertiary/aromatic N) is 1. The molecule has 0 aliphatic heterocycles. The van der Waals surface area contributed by atoms with Crippen LogP contribution in [-0.4, -0.2) is 23.9 Å². The van der Waals surface area contributed by atoms with Crippen molar-refractivity contribution < 1.29 is 10.0 Å². The molecule has 0 aliphatic rings. The topological polar surface area (TPSA) is 61.7 Å². The minimum atomic E-state index is -0.401. The first kappa shape index (κ1) is 10.2. The lowest BCUT2D eigenvalue weighted by atomic mass is 10.0. The van der Waals surface area contributed by atoms with Gasteiger partial charge in [0.2, 0.25) is 0 Å². The minimum Gasteiger partial charge on any atom is -0.410 e. The molecule has 1 aromatic carbocycles. The molecule has 0 unspecified atom stereocenters. The number of aryl methyl sites for hydroxylation is 1. The number of rotatable bonds is 2. The summed E-state index contributed by atoms with van der Waals surface area (Å²) in [5, 5.41) is 14.1. The molecule has 0 heterocycles. The van der Waals surface area contributed by atoms with E-state index in [1.165, 1.54) is 7.05 Å². The first-order valence-electron chi connectivity index (χ1n) is 4.21. The molecular weight excluding hydrogens is 180 g/mol. The van der Waals surface area contributed by atoms with Crippen molar-refractivity contribution >= 4 is 11.6 Å². The lowest BCUT2D eigenvalue weighted by Gasteiger charge is -2.05. The number of oxime groups is 1. The maximum Gasteiger partial charge on any atom is 0.273 e. The predicted octanol–water partition coefficient (Wildman–Crippen LogP) is 0.919. The van der Waals surface area contributed by atoms with Gasteiger partial charge in [0.15, 0.2) is 5.71 Å². The monoisotopic (exact) mass is 192 g/mol. The number of carbonyl (C=O) groups is 1. The van der Waals surface area contributed by atoms with Crippen LogP contribution in [0, 0.1) is 6.92 Å². The van der Waals surface area contributed by atoms with Crippen LogP contribution < -0.4 is 5.32 Å². The molecular formula is C10H12N2O2. The Morgan fingerprint density at radius 1 is 1.43 bits per heavy atom. The molecule has 4 heteroatoms. The Balaban J connectivity index is 3.15. The van der Waals surface area contributed by atoms with E-state index in [4.69, 9.17) is 5.21 Å². The number of hydrogen-bond donors (Lipinski definition) is 2. The van der Waals surface area contributed by atoms with Crippen LogP contribution in [0.25, 0.3) is 0 Å². The van der Waals surface area contributed by atoms with E-state index in [1.807, 2.05) is 19.1 Å². The molecule has 0 aliphatic carbocycles. The Bertz CT molecular complexity index is 372. The zero-order valence-electron chi connectivity index (χ0n) is 8.11. The van der Waals surface area contributed by atoms with Crippen LogP contribution in [0.4, 0.5) is 0 Å². The fourth-order valence-electron chi connectivity index (χ4n) is 1.18. The van der Waals surface area contributed by atoms with E-state index in [9.17, 15) is 4.79 Å². The van der Waals surface area contributed by atoms with Crippen LogP contribution in [0.5, 0.6) is 0 Å². The number of carbonyl (C=O) groups excluding carboxylic acids is 1. The SMILES string of the molecule is CNC(=O)C(=NO)c1ccccc1C. The van der Waals surface area contributed by atoms with Gasteiger partial charge in [-0.2, -0.15) is 0 Å². The average Bonchev–Trinajstić information content (AvgIpc) is 2.21. The highest BCUT2D eigenvalue weighted by molar-refractivity contribution is 6.45. The lowest BCUT2D eigenvalue weighted by molar-refractivity contribution is -0.114. The summed E-state index contributed by atoms with van der Waals surface area (Å²) in [6, 6.07) is 7.23. The Kier molecular flexibility index (Phi) is 3.23. The van der Waals surface area contributed by atoms with Crippen LogP contribution >= 0.6 is 0 Å². The van der Waals surface area contributed by atoms with Crippen LogP contribution in [0.2, 0.25) is 0 Å². The second-order valence-corrected chi connectivity index (χ2v) is 2.84. The summed E-state index contributed by atoms with van der Waals surface area (Å²) in [5.74, 6) is -0.401. The Morgan fingerprint density at radius 3 is 2.57 bits per heavy atom. The molecule has 0 bridgehead atoms. The molecule has 4 nitrogen and oxygen atoms in total. The Labute approximate surface area is 82.2 Å². The van der Waals surface area contributed by atoms with Crippen LogP contribution in [-0.2, 0) is 4.79 Å². The van der Waals surface area contributed by atoms with Crippen molar-refractivity contribution in [3.05, 3.63) is 35.4 Å². The fraction of sp³-hybridized carbons (Fsp3) is 0.200. The molecule has 2 N–H and O–H groups in total. The highest BCUT2D eigenvalue weighted by atomic mass is 16.4. The molecule has 0 spiro atoms. The van der Waals surface area contributed by atoms with Gasteiger partial charge in [-0.25, -0.2) is 0 Å². The zero-order valence-corrected chi connectivity index (χ0v) is 8.11. The van der Waals surface area contributed by atoms with Crippen molar-refractivity contribution in [2.75, 3.05) is 7.05 Å². The molecule has 74 valence electrons. The first-order chi connectivity index (χ1) is 6.70. The largest absolute Gasteiger partial charge is 0.410 e. The third-order valence-corrected chi connectivity index (χ3v) is 1.94. The van der Waals surface area contributed by atoms with Crippen molar-refractivity contribution in [2.24, 2.45) is 5.16 Å². The van der Waals surface area contributed by atoms with Crippen molar-refractivity contribution in [2.45, 2.75) is 6.92 Å². The smallest absolute Gasteiger partial charge is 0.273 e. The lowest BCUT2D eigenvalue weighted by Crippen LogP contribution is -2.28. The van der Waals surface area contributed by atoms with Gasteiger partial charge in [-0.15, -0.1) is 0 Å². The van der Waals surface area contributed by atoms with Gasteiger partial charge in [0.25, 0.3) is 5.91 Å². The van der Waals surface area contributed by atoms with Gasteiger partial charge in [0.05, 0.1) is 0 Å². The molecule has 1 aromatic rings. The quantitative estimate of drug-likeness (QED) is 0.416. The number of amides is 1. The predicted molar refractivity (Wildman–Crippen MR) is 53.6 cm³/mol. The van der Waals surface area contributed by atoms with Gasteiger partial charge >= 0.3 is 0 Å². The van der Waals surface area contributed by atoms with E-state index in [1.54, 1.807) is 12.1 Å². The van der Waals surface area contributed by atoms with E-state index in [0.29, 0.717) is 5.56 Å². The highest BCUT2D eigenvalue weighted by Gasteiger charge is 2.14. The van der Waals surface area contributed by atoms with Gasteiger partial charge in [-0.1, -0.05) is 29.4 Å². The second-order valence-electron chi connectivity index (χ2n) is 2.84. The summed E-state index contributed by atoms with van der Waals surface area (Å²) in [4.78, 5) is 11.3. The van der Waals surface area contributed by atoms with Gasteiger partial charge in [0.1, 0.15) is 0 Å². The minimum absolute atomic E-state index is 0.0330. The van der Waals surface area contributed by atoms with E-state index in [2.05, 4.69) is 10.5 Å². The van der Waals surface area contributed by atoms with Crippen molar-refractivity contribution in [3.63, 3.8) is 0 Å². The first-order valence-corrected chi connectivity index (χ1v) is 4.21. The third-order valence-electron chi connectivity index (χ3n) is 1.94. The highest BCUT2D eigenvalue weighted by Crippen LogP contribution is 2.08. The van der Waals surface area contributed by atoms with Gasteiger partial charge < -0.3 is 10.5 Å². The zero-order chi connectivity index (χ0) is 10.6. The Hall–Kier alpha value is -1.84. The molecule has 1 amide bonds. The molecule has 0 radical (unpaired) electrons. The second kappa shape index (κ2) is 4.41. The summed E-state index contributed by atoms with van der Waals surface area (Å²) < 4.78 is 0. The molecule has 0 atom stereocenters. The summed E-state index contributed by atoms with van der Waals surface area (Å²) >= 11 is 0. The van der Waals surface area contributed by atoms with Gasteiger partial charge in [-0.3, -0.25) is 4.79 Å².